The first-order valence-electron chi connectivity index (χ1n) is 10.9. The van der Waals surface area contributed by atoms with Gasteiger partial charge in [-0.2, -0.15) is 9.50 Å². The number of furan rings is 2. The van der Waals surface area contributed by atoms with Crippen LogP contribution in [-0.2, 0) is 0 Å². The summed E-state index contributed by atoms with van der Waals surface area (Å²) >= 11 is 1.40. The number of carbonyl (C=O) groups is 1. The molecule has 1 aliphatic heterocycles. The second-order valence-corrected chi connectivity index (χ2v) is 9.02. The van der Waals surface area contributed by atoms with E-state index < -0.39 is 0 Å². The zero-order valence-corrected chi connectivity index (χ0v) is 18.9. The van der Waals surface area contributed by atoms with E-state index in [1.54, 1.807) is 35.4 Å². The molecule has 5 aromatic rings. The number of piperazine rings is 1. The number of carbonyl (C=O) groups excluding carboxylic acids is 1. The monoisotopic (exact) mass is 475 g/mol. The summed E-state index contributed by atoms with van der Waals surface area (Å²) in [5.41, 5.74) is 1.05. The lowest BCUT2D eigenvalue weighted by Gasteiger charge is -2.38. The van der Waals surface area contributed by atoms with Crippen LogP contribution in [0.1, 0.15) is 27.0 Å². The van der Waals surface area contributed by atoms with Crippen LogP contribution in [0.25, 0.3) is 16.5 Å². The molecule has 1 aromatic carbocycles. The molecule has 5 heterocycles. The summed E-state index contributed by atoms with van der Waals surface area (Å²) in [6.45, 7) is 2.42. The summed E-state index contributed by atoms with van der Waals surface area (Å²) in [6, 6.07) is 16.8. The number of rotatable bonds is 5. The van der Waals surface area contributed by atoms with Gasteiger partial charge in [-0.15, -0.1) is 5.10 Å². The fraction of sp³-hybridized carbons (Fsp3) is 0.208. The summed E-state index contributed by atoms with van der Waals surface area (Å²) in [7, 11) is 0. The van der Waals surface area contributed by atoms with Gasteiger partial charge in [-0.25, -0.2) is 0 Å². The molecule has 1 aliphatic rings. The lowest BCUT2D eigenvalue weighted by atomic mass is 10.0. The van der Waals surface area contributed by atoms with Gasteiger partial charge in [0.15, 0.2) is 11.5 Å². The number of nitrogens with zero attached hydrogens (tertiary/aromatic N) is 5. The number of aromatic nitrogens is 3. The van der Waals surface area contributed by atoms with Crippen molar-refractivity contribution in [3.63, 3.8) is 0 Å². The van der Waals surface area contributed by atoms with Crippen molar-refractivity contribution in [2.24, 2.45) is 0 Å². The summed E-state index contributed by atoms with van der Waals surface area (Å²) in [6.07, 6.45) is 3.08. The SMILES string of the molecule is O=C(c1ccco1)N1CCN([C@H](c2ccccc2)c2sc3nc(-c4ccco4)nn3c2O)CC1. The van der Waals surface area contributed by atoms with Gasteiger partial charge in [-0.3, -0.25) is 9.69 Å². The smallest absolute Gasteiger partial charge is 0.289 e. The van der Waals surface area contributed by atoms with Crippen LogP contribution < -0.4 is 0 Å². The normalized spacial score (nSPS) is 15.7. The van der Waals surface area contributed by atoms with Gasteiger partial charge in [0.05, 0.1) is 23.4 Å². The summed E-state index contributed by atoms with van der Waals surface area (Å²) in [5.74, 6) is 1.29. The average Bonchev–Trinajstić information content (AvgIpc) is 3.67. The Bertz CT molecular complexity index is 1400. The first kappa shape index (κ1) is 20.7. The largest absolute Gasteiger partial charge is 0.492 e. The Morgan fingerprint density at radius 3 is 2.41 bits per heavy atom. The van der Waals surface area contributed by atoms with Crippen molar-refractivity contribution in [3.8, 4) is 17.5 Å². The lowest BCUT2D eigenvalue weighted by molar-refractivity contribution is 0.0568. The molecule has 1 saturated heterocycles. The Morgan fingerprint density at radius 1 is 0.971 bits per heavy atom. The van der Waals surface area contributed by atoms with E-state index in [0.29, 0.717) is 48.5 Å². The second-order valence-electron chi connectivity index (χ2n) is 8.02. The van der Waals surface area contributed by atoms with E-state index in [4.69, 9.17) is 8.83 Å². The first-order valence-corrected chi connectivity index (χ1v) is 11.7. The van der Waals surface area contributed by atoms with Gasteiger partial charge in [0, 0.05) is 26.2 Å². The third kappa shape index (κ3) is 3.57. The quantitative estimate of drug-likeness (QED) is 0.412. The third-order valence-corrected chi connectivity index (χ3v) is 7.08. The standard InChI is InChI=1S/C24H21N5O4S/c30-22(18-9-5-15-33-18)28-12-10-27(11-13-28)19(16-6-2-1-3-7-16)20-23(31)29-24(34-20)25-21(26-29)17-8-4-14-32-17/h1-9,14-15,19,31H,10-13H2/t19-/m1/s1. The van der Waals surface area contributed by atoms with Crippen LogP contribution >= 0.6 is 11.3 Å². The highest BCUT2D eigenvalue weighted by molar-refractivity contribution is 7.17. The van der Waals surface area contributed by atoms with Crippen molar-refractivity contribution in [1.29, 1.82) is 0 Å². The zero-order chi connectivity index (χ0) is 23.1. The Kier molecular flexibility index (Phi) is 5.16. The molecule has 9 nitrogen and oxygen atoms in total. The van der Waals surface area contributed by atoms with Crippen molar-refractivity contribution in [1.82, 2.24) is 24.4 Å². The molecule has 0 spiro atoms. The minimum Gasteiger partial charge on any atom is -0.492 e. The minimum absolute atomic E-state index is 0.0632. The van der Waals surface area contributed by atoms with Gasteiger partial charge in [0.25, 0.3) is 5.91 Å². The lowest BCUT2D eigenvalue weighted by Crippen LogP contribution is -2.49. The summed E-state index contributed by atoms with van der Waals surface area (Å²) in [5, 5.41) is 15.6. The van der Waals surface area contributed by atoms with Crippen LogP contribution in [0.3, 0.4) is 0 Å². The molecular weight excluding hydrogens is 454 g/mol. The molecule has 4 aromatic heterocycles. The van der Waals surface area contributed by atoms with Gasteiger partial charge in [0.1, 0.15) is 0 Å². The van der Waals surface area contributed by atoms with E-state index in [0.717, 1.165) is 10.4 Å². The molecule has 0 saturated carbocycles. The van der Waals surface area contributed by atoms with Crippen LogP contribution in [0.2, 0.25) is 0 Å². The molecule has 0 aliphatic carbocycles. The Hall–Kier alpha value is -3.89. The van der Waals surface area contributed by atoms with Crippen molar-refractivity contribution >= 4 is 22.2 Å². The molecule has 34 heavy (non-hydrogen) atoms. The van der Waals surface area contributed by atoms with E-state index in [1.807, 2.05) is 18.2 Å². The minimum atomic E-state index is -0.192. The molecule has 1 fully saturated rings. The van der Waals surface area contributed by atoms with Gasteiger partial charge in [-0.1, -0.05) is 41.7 Å². The number of benzene rings is 1. The number of thiazole rings is 1. The number of aromatic hydroxyl groups is 1. The van der Waals surface area contributed by atoms with Crippen LogP contribution in [-0.4, -0.2) is 61.6 Å². The Balaban J connectivity index is 1.31. The van der Waals surface area contributed by atoms with Crippen molar-refractivity contribution in [2.75, 3.05) is 26.2 Å². The van der Waals surface area contributed by atoms with Gasteiger partial charge in [0.2, 0.25) is 16.7 Å². The molecule has 0 radical (unpaired) electrons. The Labute approximate surface area is 198 Å². The highest BCUT2D eigenvalue weighted by Crippen LogP contribution is 2.40. The van der Waals surface area contributed by atoms with Gasteiger partial charge >= 0.3 is 0 Å². The second kappa shape index (κ2) is 8.47. The predicted molar refractivity (Wildman–Crippen MR) is 125 cm³/mol. The number of hydrogen-bond donors (Lipinski definition) is 1. The maximum atomic E-state index is 12.7. The number of amides is 1. The molecule has 0 unspecified atom stereocenters. The average molecular weight is 476 g/mol. The fourth-order valence-electron chi connectivity index (χ4n) is 4.34. The topological polar surface area (TPSA) is 100 Å². The van der Waals surface area contributed by atoms with Crippen LogP contribution in [0.5, 0.6) is 5.88 Å². The van der Waals surface area contributed by atoms with Crippen LogP contribution in [0, 0.1) is 0 Å². The number of fused-ring (bicyclic) bond motifs is 1. The van der Waals surface area contributed by atoms with E-state index in [1.165, 1.54) is 22.1 Å². The van der Waals surface area contributed by atoms with E-state index in [2.05, 4.69) is 27.1 Å². The van der Waals surface area contributed by atoms with E-state index in [-0.39, 0.29) is 17.8 Å². The molecule has 10 heteroatoms. The van der Waals surface area contributed by atoms with Crippen LogP contribution in [0.15, 0.2) is 76.0 Å². The number of hydrogen-bond acceptors (Lipinski definition) is 8. The van der Waals surface area contributed by atoms with Crippen molar-refractivity contribution in [3.05, 3.63) is 83.3 Å². The molecule has 6 rings (SSSR count). The molecule has 1 amide bonds. The van der Waals surface area contributed by atoms with Gasteiger partial charge < -0.3 is 18.8 Å². The molecule has 0 bridgehead atoms. The third-order valence-electron chi connectivity index (χ3n) is 6.00. The molecular formula is C24H21N5O4S. The van der Waals surface area contributed by atoms with Crippen molar-refractivity contribution < 1.29 is 18.7 Å². The molecule has 172 valence electrons. The summed E-state index contributed by atoms with van der Waals surface area (Å²) < 4.78 is 12.1. The maximum absolute atomic E-state index is 12.7. The highest BCUT2D eigenvalue weighted by Gasteiger charge is 2.33. The fourth-order valence-corrected chi connectivity index (χ4v) is 5.46. The molecule has 1 atom stereocenters. The van der Waals surface area contributed by atoms with Gasteiger partial charge in [-0.05, 0) is 29.8 Å². The van der Waals surface area contributed by atoms with E-state index >= 15 is 0 Å². The van der Waals surface area contributed by atoms with E-state index in [9.17, 15) is 9.90 Å². The maximum Gasteiger partial charge on any atom is 0.289 e. The highest BCUT2D eigenvalue weighted by atomic mass is 32.1. The summed E-state index contributed by atoms with van der Waals surface area (Å²) in [4.78, 5) is 22.7. The first-order chi connectivity index (χ1) is 16.7. The van der Waals surface area contributed by atoms with Crippen LogP contribution in [0.4, 0.5) is 0 Å². The molecule has 1 N–H and O–H groups in total. The van der Waals surface area contributed by atoms with Crippen molar-refractivity contribution in [2.45, 2.75) is 6.04 Å². The Morgan fingerprint density at radius 2 is 1.74 bits per heavy atom. The predicted octanol–water partition coefficient (Wildman–Crippen LogP) is 3.90. The zero-order valence-electron chi connectivity index (χ0n) is 18.1.